The van der Waals surface area contributed by atoms with E-state index in [0.717, 1.165) is 16.8 Å². The lowest BCUT2D eigenvalue weighted by Crippen LogP contribution is -2.51. The number of nitrogens with one attached hydrogen (secondary N) is 2. The van der Waals surface area contributed by atoms with Crippen molar-refractivity contribution in [3.8, 4) is 6.07 Å². The van der Waals surface area contributed by atoms with Gasteiger partial charge in [-0.2, -0.15) is 5.26 Å². The largest absolute Gasteiger partial charge is 0.373 e. The number of allylic oxidation sites excluding steroid dienone is 1. The third-order valence-electron chi connectivity index (χ3n) is 6.88. The summed E-state index contributed by atoms with van der Waals surface area (Å²) in [7, 11) is -1.77. The Hall–Kier alpha value is -4.10. The van der Waals surface area contributed by atoms with Crippen molar-refractivity contribution in [2.24, 2.45) is 7.05 Å². The maximum absolute atomic E-state index is 13.5. The highest BCUT2D eigenvalue weighted by Gasteiger charge is 2.43. The zero-order chi connectivity index (χ0) is 26.5. The van der Waals surface area contributed by atoms with E-state index in [1.807, 2.05) is 36.2 Å². The maximum atomic E-state index is 13.5. The summed E-state index contributed by atoms with van der Waals surface area (Å²) in [6.07, 6.45) is 7.00. The summed E-state index contributed by atoms with van der Waals surface area (Å²) in [6.45, 7) is 2.32. The molecule has 3 heterocycles. The number of pyridine rings is 1. The van der Waals surface area contributed by atoms with Crippen LogP contribution in [0.2, 0.25) is 0 Å². The molecule has 37 heavy (non-hydrogen) atoms. The smallest absolute Gasteiger partial charge is 0.260 e. The van der Waals surface area contributed by atoms with Gasteiger partial charge in [0.25, 0.3) is 5.56 Å². The summed E-state index contributed by atoms with van der Waals surface area (Å²) in [6, 6.07) is 10.2. The van der Waals surface area contributed by atoms with Gasteiger partial charge in [0.1, 0.15) is 6.04 Å². The minimum atomic E-state index is -3.41. The number of amides is 1. The highest BCUT2D eigenvalue weighted by atomic mass is 32.2. The van der Waals surface area contributed by atoms with Crippen LogP contribution in [0.5, 0.6) is 0 Å². The molecule has 0 bridgehead atoms. The fraction of sp³-hybridized carbons (Fsp3) is 0.296. The summed E-state index contributed by atoms with van der Waals surface area (Å²) in [5.41, 5.74) is 4.67. The molecule has 0 saturated heterocycles. The van der Waals surface area contributed by atoms with E-state index >= 15 is 0 Å². The fourth-order valence-corrected chi connectivity index (χ4v) is 6.08. The predicted octanol–water partition coefficient (Wildman–Crippen LogP) is 1.68. The number of nitrogens with zero attached hydrogens (tertiary/aromatic N) is 3. The summed E-state index contributed by atoms with van der Waals surface area (Å²) in [4.78, 5) is 28.6. The average molecular weight is 518 g/mol. The van der Waals surface area contributed by atoms with E-state index < -0.39 is 15.9 Å². The fourth-order valence-electron chi connectivity index (χ4n) is 5.28. The molecule has 190 valence electrons. The van der Waals surface area contributed by atoms with E-state index in [0.29, 0.717) is 40.9 Å². The zero-order valence-electron chi connectivity index (χ0n) is 20.8. The topological polar surface area (TPSA) is 124 Å². The van der Waals surface area contributed by atoms with Crippen LogP contribution in [0.3, 0.4) is 0 Å². The molecule has 2 N–H and O–H groups in total. The molecule has 3 aliphatic rings. The Morgan fingerprint density at radius 3 is 2.62 bits per heavy atom. The van der Waals surface area contributed by atoms with E-state index in [-0.39, 0.29) is 23.3 Å². The number of sulfone groups is 1. The van der Waals surface area contributed by atoms with E-state index in [1.54, 1.807) is 31.4 Å². The molecule has 2 atom stereocenters. The predicted molar refractivity (Wildman–Crippen MR) is 142 cm³/mol. The van der Waals surface area contributed by atoms with Gasteiger partial charge >= 0.3 is 0 Å². The molecular formula is C27H27N5O4S. The Labute approximate surface area is 215 Å². The third-order valence-corrected chi connectivity index (χ3v) is 7.71. The van der Waals surface area contributed by atoms with Crippen molar-refractivity contribution in [2.75, 3.05) is 23.5 Å². The first-order chi connectivity index (χ1) is 17.6. The molecule has 2 aliphatic heterocycles. The van der Waals surface area contributed by atoms with Crippen LogP contribution >= 0.6 is 0 Å². The van der Waals surface area contributed by atoms with Crippen LogP contribution < -0.4 is 21.1 Å². The van der Waals surface area contributed by atoms with Gasteiger partial charge in [-0.05, 0) is 60.0 Å². The molecule has 1 aromatic carbocycles. The Bertz CT molecular complexity index is 1610. The normalized spacial score (nSPS) is 20.1. The molecule has 2 aromatic rings. The average Bonchev–Trinajstić information content (AvgIpc) is 3.16. The van der Waals surface area contributed by atoms with E-state index in [9.17, 15) is 23.3 Å². The van der Waals surface area contributed by atoms with Gasteiger partial charge in [-0.3, -0.25) is 9.59 Å². The number of hydrogen-bond donors (Lipinski definition) is 2. The number of aromatic nitrogens is 1. The van der Waals surface area contributed by atoms with Crippen LogP contribution in [0.1, 0.15) is 30.0 Å². The summed E-state index contributed by atoms with van der Waals surface area (Å²) in [5, 5.41) is 15.4. The van der Waals surface area contributed by atoms with Crippen molar-refractivity contribution in [2.45, 2.75) is 25.4 Å². The van der Waals surface area contributed by atoms with Crippen LogP contribution in [-0.2, 0) is 21.7 Å². The van der Waals surface area contributed by atoms with Crippen LogP contribution in [0.25, 0.3) is 11.3 Å². The molecule has 5 rings (SSSR count). The molecule has 1 aliphatic carbocycles. The molecular weight excluding hydrogens is 490 g/mol. The lowest BCUT2D eigenvalue weighted by atomic mass is 9.88. The molecule has 0 radical (unpaired) electrons. The Morgan fingerprint density at radius 1 is 1.24 bits per heavy atom. The van der Waals surface area contributed by atoms with Crippen molar-refractivity contribution in [3.63, 3.8) is 0 Å². The number of likely N-dealkylation sites (N-methyl/N-ethyl adjacent to an activating group) is 1. The standard InChI is InChI=1S/C27H27N5O4S/c1-4-29-26(33)21-12-22-23-17(14-32(22)19-7-5-16(13-28)6-8-19)11-18(15-37(3,35)36)20-9-10-31(2)27(34)24(20)25(23)30-21/h5-11,14,21-22,30H,4,12,15H2,1-3H3,(H,29,33). The molecule has 0 saturated carbocycles. The van der Waals surface area contributed by atoms with Crippen LogP contribution in [0, 0.1) is 11.3 Å². The van der Waals surface area contributed by atoms with Crippen molar-refractivity contribution >= 4 is 32.7 Å². The van der Waals surface area contributed by atoms with E-state index in [2.05, 4.69) is 16.7 Å². The van der Waals surface area contributed by atoms with E-state index in [4.69, 9.17) is 0 Å². The van der Waals surface area contributed by atoms with Crippen LogP contribution in [0.15, 0.2) is 64.7 Å². The van der Waals surface area contributed by atoms with Gasteiger partial charge in [0.05, 0.1) is 34.7 Å². The number of carbonyl (C=O) groups excluding carboxylic acids is 1. The summed E-state index contributed by atoms with van der Waals surface area (Å²) >= 11 is 0. The minimum Gasteiger partial charge on any atom is -0.373 e. The van der Waals surface area contributed by atoms with Crippen LogP contribution in [0.4, 0.5) is 5.69 Å². The van der Waals surface area contributed by atoms with Gasteiger partial charge in [0, 0.05) is 49.9 Å². The molecule has 9 nitrogen and oxygen atoms in total. The number of benzene rings is 1. The van der Waals surface area contributed by atoms with E-state index in [1.165, 1.54) is 10.8 Å². The molecule has 1 aromatic heterocycles. The highest BCUT2D eigenvalue weighted by Crippen LogP contribution is 2.45. The quantitative estimate of drug-likeness (QED) is 0.618. The highest BCUT2D eigenvalue weighted by molar-refractivity contribution is 7.91. The molecule has 0 fully saturated rings. The second kappa shape index (κ2) is 9.09. The van der Waals surface area contributed by atoms with Crippen molar-refractivity contribution in [1.29, 1.82) is 5.26 Å². The monoisotopic (exact) mass is 517 g/mol. The van der Waals surface area contributed by atoms with Gasteiger partial charge in [-0.25, -0.2) is 8.42 Å². The SMILES string of the molecule is CCNC(=O)C1CC2C3=C(N1)c1c(ccn(C)c1=O)C(CS(C)(=O)=O)=CC3=CN2c1ccc(C#N)cc1. The number of anilines is 1. The van der Waals surface area contributed by atoms with Crippen molar-refractivity contribution in [1.82, 2.24) is 15.2 Å². The summed E-state index contributed by atoms with van der Waals surface area (Å²) in [5.74, 6) is -0.406. The van der Waals surface area contributed by atoms with Gasteiger partial charge in [-0.1, -0.05) is 0 Å². The first-order valence-electron chi connectivity index (χ1n) is 12.0. The first kappa shape index (κ1) is 24.6. The Morgan fingerprint density at radius 2 is 1.97 bits per heavy atom. The third kappa shape index (κ3) is 4.36. The summed E-state index contributed by atoms with van der Waals surface area (Å²) < 4.78 is 26.2. The van der Waals surface area contributed by atoms with Gasteiger partial charge < -0.3 is 20.1 Å². The minimum absolute atomic E-state index is 0.176. The Kier molecular flexibility index (Phi) is 6.04. The lowest BCUT2D eigenvalue weighted by Gasteiger charge is -2.36. The second-order valence-electron chi connectivity index (χ2n) is 9.54. The van der Waals surface area contributed by atoms with Gasteiger partial charge in [-0.15, -0.1) is 0 Å². The number of rotatable bonds is 5. The van der Waals surface area contributed by atoms with Gasteiger partial charge in [0.2, 0.25) is 5.91 Å². The Balaban J connectivity index is 1.76. The molecule has 10 heteroatoms. The number of hydrogen-bond acceptors (Lipinski definition) is 7. The van der Waals surface area contributed by atoms with Crippen LogP contribution in [-0.4, -0.2) is 49.5 Å². The van der Waals surface area contributed by atoms with Crippen molar-refractivity contribution in [3.05, 3.63) is 87.0 Å². The second-order valence-corrected chi connectivity index (χ2v) is 11.7. The van der Waals surface area contributed by atoms with Crippen molar-refractivity contribution < 1.29 is 13.2 Å². The number of aryl methyl sites for hydroxylation is 1. The maximum Gasteiger partial charge on any atom is 0.260 e. The number of carbonyl (C=O) groups is 1. The first-order valence-corrected chi connectivity index (χ1v) is 14.0. The molecule has 0 spiro atoms. The molecule has 2 unspecified atom stereocenters. The zero-order valence-corrected chi connectivity index (χ0v) is 21.6. The molecule has 1 amide bonds. The van der Waals surface area contributed by atoms with Gasteiger partial charge in [0.15, 0.2) is 9.84 Å². The lowest BCUT2D eigenvalue weighted by molar-refractivity contribution is -0.123. The number of fused-ring (bicyclic) bond motifs is 2. The number of nitriles is 1.